The molecule has 2 aliphatic heterocycles. The molecule has 0 aromatic heterocycles. The van der Waals surface area contributed by atoms with E-state index < -0.39 is 0 Å². The summed E-state index contributed by atoms with van der Waals surface area (Å²) in [5.41, 5.74) is 7.06. The van der Waals surface area contributed by atoms with Crippen molar-refractivity contribution in [3.63, 3.8) is 0 Å². The number of hydrogen-bond donors (Lipinski definition) is 2. The van der Waals surface area contributed by atoms with Crippen LogP contribution in [0.2, 0.25) is 0 Å². The summed E-state index contributed by atoms with van der Waals surface area (Å²) in [7, 11) is 0. The molecule has 0 radical (unpaired) electrons. The Kier molecular flexibility index (Phi) is 3.33. The van der Waals surface area contributed by atoms with Crippen LogP contribution in [0.1, 0.15) is 60.8 Å². The molecule has 0 aromatic rings. The normalized spacial score (nSPS) is 34.3. The van der Waals surface area contributed by atoms with Crippen LogP contribution in [0.25, 0.3) is 0 Å². The van der Waals surface area contributed by atoms with Crippen molar-refractivity contribution in [2.24, 2.45) is 5.73 Å². The first kappa shape index (κ1) is 14.3. The van der Waals surface area contributed by atoms with Crippen molar-refractivity contribution in [1.29, 1.82) is 0 Å². The minimum Gasteiger partial charge on any atom is -0.326 e. The van der Waals surface area contributed by atoms with E-state index in [0.717, 1.165) is 25.8 Å². The number of nitrogens with zero attached hydrogens (tertiary/aromatic N) is 1. The van der Waals surface area contributed by atoms with Crippen molar-refractivity contribution in [3.8, 4) is 0 Å². The number of piperidine rings is 1. The van der Waals surface area contributed by atoms with E-state index in [4.69, 9.17) is 5.73 Å². The summed E-state index contributed by atoms with van der Waals surface area (Å²) in [6.07, 6.45) is 3.45. The second-order valence-electron chi connectivity index (χ2n) is 8.03. The standard InChI is InChI=1S/C15H31N3/c1-11(2)18-8-7-12(16)15(18)9-13(3,4)17-14(5,6)10-15/h11-12,17H,7-10,16H2,1-6H3. The summed E-state index contributed by atoms with van der Waals surface area (Å²) < 4.78 is 0. The molecule has 1 unspecified atom stereocenters. The van der Waals surface area contributed by atoms with Crippen molar-refractivity contribution in [3.05, 3.63) is 0 Å². The fourth-order valence-electron chi connectivity index (χ4n) is 4.82. The van der Waals surface area contributed by atoms with E-state index in [0.29, 0.717) is 12.1 Å². The lowest BCUT2D eigenvalue weighted by atomic mass is 9.67. The number of rotatable bonds is 1. The number of nitrogens with one attached hydrogen (secondary N) is 1. The van der Waals surface area contributed by atoms with Gasteiger partial charge in [-0.2, -0.15) is 0 Å². The van der Waals surface area contributed by atoms with Gasteiger partial charge in [0.2, 0.25) is 0 Å². The molecule has 3 nitrogen and oxygen atoms in total. The van der Waals surface area contributed by atoms with Gasteiger partial charge in [0.25, 0.3) is 0 Å². The maximum atomic E-state index is 6.55. The van der Waals surface area contributed by atoms with Gasteiger partial charge < -0.3 is 11.1 Å². The molecule has 0 aliphatic carbocycles. The first-order chi connectivity index (χ1) is 8.08. The van der Waals surface area contributed by atoms with Crippen LogP contribution >= 0.6 is 0 Å². The zero-order valence-electron chi connectivity index (χ0n) is 13.0. The van der Waals surface area contributed by atoms with Gasteiger partial charge >= 0.3 is 0 Å². The number of likely N-dealkylation sites (tertiary alicyclic amines) is 1. The highest BCUT2D eigenvalue weighted by molar-refractivity contribution is 5.16. The third-order valence-electron chi connectivity index (χ3n) is 4.74. The molecule has 18 heavy (non-hydrogen) atoms. The highest BCUT2D eigenvalue weighted by Crippen LogP contribution is 2.46. The van der Waals surface area contributed by atoms with Gasteiger partial charge in [0.1, 0.15) is 0 Å². The summed E-state index contributed by atoms with van der Waals surface area (Å²) in [6, 6.07) is 0.906. The maximum absolute atomic E-state index is 6.55. The fourth-order valence-corrected chi connectivity index (χ4v) is 4.82. The fraction of sp³-hybridized carbons (Fsp3) is 1.00. The molecule has 0 bridgehead atoms. The molecule has 3 N–H and O–H groups in total. The van der Waals surface area contributed by atoms with E-state index in [1.165, 1.54) is 0 Å². The van der Waals surface area contributed by atoms with Gasteiger partial charge in [-0.15, -0.1) is 0 Å². The predicted octanol–water partition coefficient (Wildman–Crippen LogP) is 2.11. The van der Waals surface area contributed by atoms with Crippen LogP contribution in [-0.2, 0) is 0 Å². The van der Waals surface area contributed by atoms with Gasteiger partial charge in [0.15, 0.2) is 0 Å². The summed E-state index contributed by atoms with van der Waals surface area (Å²) in [6.45, 7) is 15.0. The predicted molar refractivity (Wildman–Crippen MR) is 77.7 cm³/mol. The Balaban J connectivity index is 2.38. The molecule has 1 atom stereocenters. The molecule has 1 spiro atoms. The largest absolute Gasteiger partial charge is 0.326 e. The third kappa shape index (κ3) is 2.33. The van der Waals surface area contributed by atoms with E-state index in [-0.39, 0.29) is 16.6 Å². The monoisotopic (exact) mass is 253 g/mol. The molecule has 2 rings (SSSR count). The third-order valence-corrected chi connectivity index (χ3v) is 4.74. The second kappa shape index (κ2) is 4.19. The Morgan fingerprint density at radius 1 is 1.11 bits per heavy atom. The summed E-state index contributed by atoms with van der Waals surface area (Å²) in [5, 5.41) is 3.78. The molecule has 0 aromatic carbocycles. The van der Waals surface area contributed by atoms with E-state index in [1.807, 2.05) is 0 Å². The first-order valence-corrected chi connectivity index (χ1v) is 7.40. The Hall–Kier alpha value is -0.120. The van der Waals surface area contributed by atoms with Gasteiger partial charge in [-0.3, -0.25) is 4.90 Å². The van der Waals surface area contributed by atoms with E-state index in [2.05, 4.69) is 51.8 Å². The molecule has 2 fully saturated rings. The van der Waals surface area contributed by atoms with Crippen molar-refractivity contribution in [1.82, 2.24) is 10.2 Å². The average Bonchev–Trinajstić information content (AvgIpc) is 2.37. The average molecular weight is 253 g/mol. The molecule has 2 saturated heterocycles. The van der Waals surface area contributed by atoms with Crippen molar-refractivity contribution in [2.45, 2.75) is 89.5 Å². The first-order valence-electron chi connectivity index (χ1n) is 7.40. The lowest BCUT2D eigenvalue weighted by Gasteiger charge is -2.57. The molecule has 2 heterocycles. The van der Waals surface area contributed by atoms with Crippen LogP contribution in [-0.4, -0.2) is 40.1 Å². The highest BCUT2D eigenvalue weighted by Gasteiger charge is 2.56. The minimum absolute atomic E-state index is 0.164. The molecular weight excluding hydrogens is 222 g/mol. The van der Waals surface area contributed by atoms with Crippen LogP contribution < -0.4 is 11.1 Å². The smallest absolute Gasteiger partial charge is 0.0398 e. The van der Waals surface area contributed by atoms with Gasteiger partial charge in [-0.05, 0) is 60.8 Å². The summed E-state index contributed by atoms with van der Waals surface area (Å²) in [4.78, 5) is 2.67. The molecule has 0 saturated carbocycles. The second-order valence-corrected chi connectivity index (χ2v) is 8.03. The molecule has 3 heteroatoms. The SMILES string of the molecule is CC(C)N1CCC(N)C12CC(C)(C)NC(C)(C)C2. The molecular formula is C15H31N3. The lowest BCUT2D eigenvalue weighted by molar-refractivity contribution is -0.0125. The Morgan fingerprint density at radius 3 is 2.06 bits per heavy atom. The maximum Gasteiger partial charge on any atom is 0.0398 e. The van der Waals surface area contributed by atoms with Crippen LogP contribution in [0, 0.1) is 0 Å². The minimum atomic E-state index is 0.164. The zero-order valence-corrected chi connectivity index (χ0v) is 13.0. The van der Waals surface area contributed by atoms with Gasteiger partial charge in [0, 0.05) is 35.2 Å². The summed E-state index contributed by atoms with van der Waals surface area (Å²) >= 11 is 0. The van der Waals surface area contributed by atoms with Crippen LogP contribution in [0.15, 0.2) is 0 Å². The molecule has 106 valence electrons. The topological polar surface area (TPSA) is 41.3 Å². The van der Waals surface area contributed by atoms with E-state index >= 15 is 0 Å². The van der Waals surface area contributed by atoms with E-state index in [1.54, 1.807) is 0 Å². The Morgan fingerprint density at radius 2 is 1.61 bits per heavy atom. The van der Waals surface area contributed by atoms with Gasteiger partial charge in [-0.1, -0.05) is 0 Å². The van der Waals surface area contributed by atoms with E-state index in [9.17, 15) is 0 Å². The van der Waals surface area contributed by atoms with Crippen LogP contribution in [0.4, 0.5) is 0 Å². The lowest BCUT2D eigenvalue weighted by Crippen LogP contribution is -2.71. The van der Waals surface area contributed by atoms with Crippen molar-refractivity contribution in [2.75, 3.05) is 6.54 Å². The zero-order chi connectivity index (χ0) is 13.8. The Labute approximate surface area is 112 Å². The van der Waals surface area contributed by atoms with Crippen LogP contribution in [0.3, 0.4) is 0 Å². The van der Waals surface area contributed by atoms with Crippen molar-refractivity contribution >= 4 is 0 Å². The number of hydrogen-bond acceptors (Lipinski definition) is 3. The Bertz CT molecular complexity index is 304. The highest BCUT2D eigenvalue weighted by atomic mass is 15.3. The van der Waals surface area contributed by atoms with Gasteiger partial charge in [0.05, 0.1) is 0 Å². The molecule has 0 amide bonds. The van der Waals surface area contributed by atoms with Crippen molar-refractivity contribution < 1.29 is 0 Å². The van der Waals surface area contributed by atoms with Gasteiger partial charge in [-0.25, -0.2) is 0 Å². The quantitative estimate of drug-likeness (QED) is 0.752. The van der Waals surface area contributed by atoms with Crippen LogP contribution in [0.5, 0.6) is 0 Å². The number of nitrogens with two attached hydrogens (primary N) is 1. The molecule has 2 aliphatic rings. The summed E-state index contributed by atoms with van der Waals surface area (Å²) in [5.74, 6) is 0.